The molecule has 0 unspecified atom stereocenters. The van der Waals surface area contributed by atoms with E-state index < -0.39 is 16.9 Å². The van der Waals surface area contributed by atoms with Crippen LogP contribution in [0.3, 0.4) is 0 Å². The fraction of sp³-hybridized carbons (Fsp3) is 0.429. The first-order valence-electron chi connectivity index (χ1n) is 5.83. The molecule has 1 aromatic carbocycles. The molecule has 0 saturated carbocycles. The first kappa shape index (κ1) is 15.5. The molecule has 4 nitrogen and oxygen atoms in total. The molecule has 0 fully saturated rings. The standard InChI is InChI=1S/C14H17BrN2O2/c1-13(2,12(18)19)14(3,4)17-10-6-5-9(8-16)11(15)7-10/h5-7,17H,1-4H3,(H,18,19). The third-order valence-electron chi connectivity index (χ3n) is 3.64. The van der Waals surface area contributed by atoms with Crippen molar-refractivity contribution in [3.05, 3.63) is 28.2 Å². The number of nitriles is 1. The lowest BCUT2D eigenvalue weighted by molar-refractivity contribution is -0.149. The molecule has 0 spiro atoms. The number of halogens is 1. The topological polar surface area (TPSA) is 73.1 Å². The van der Waals surface area contributed by atoms with Crippen LogP contribution >= 0.6 is 15.9 Å². The van der Waals surface area contributed by atoms with Gasteiger partial charge in [0.05, 0.1) is 11.0 Å². The number of carboxylic acid groups (broad SMARTS) is 1. The molecule has 0 heterocycles. The SMILES string of the molecule is CC(C)(Nc1ccc(C#N)c(Br)c1)C(C)(C)C(=O)O. The zero-order valence-corrected chi connectivity index (χ0v) is 13.0. The summed E-state index contributed by atoms with van der Waals surface area (Å²) in [5, 5.41) is 21.4. The number of aliphatic carboxylic acids is 1. The molecule has 0 saturated heterocycles. The average Bonchev–Trinajstić information content (AvgIpc) is 2.28. The molecule has 1 aromatic rings. The molecular formula is C14H17BrN2O2. The summed E-state index contributed by atoms with van der Waals surface area (Å²) in [6.45, 7) is 7.04. The molecule has 0 radical (unpaired) electrons. The molecule has 0 aliphatic rings. The van der Waals surface area contributed by atoms with Crippen LogP contribution in [-0.2, 0) is 4.79 Å². The maximum atomic E-state index is 11.3. The maximum Gasteiger partial charge on any atom is 0.311 e. The molecule has 0 aliphatic carbocycles. The van der Waals surface area contributed by atoms with E-state index >= 15 is 0 Å². The summed E-state index contributed by atoms with van der Waals surface area (Å²) in [4.78, 5) is 11.3. The molecule has 0 atom stereocenters. The maximum absolute atomic E-state index is 11.3. The zero-order chi connectivity index (χ0) is 14.8. The third kappa shape index (κ3) is 3.07. The molecule has 2 N–H and O–H groups in total. The Morgan fingerprint density at radius 1 is 1.37 bits per heavy atom. The van der Waals surface area contributed by atoms with Crippen LogP contribution in [0, 0.1) is 16.7 Å². The van der Waals surface area contributed by atoms with Crippen molar-refractivity contribution >= 4 is 27.6 Å². The van der Waals surface area contributed by atoms with E-state index in [-0.39, 0.29) is 0 Å². The highest BCUT2D eigenvalue weighted by molar-refractivity contribution is 9.10. The van der Waals surface area contributed by atoms with Crippen molar-refractivity contribution in [2.24, 2.45) is 5.41 Å². The summed E-state index contributed by atoms with van der Waals surface area (Å²) in [6, 6.07) is 7.30. The number of carbonyl (C=O) groups is 1. The Hall–Kier alpha value is -1.54. The van der Waals surface area contributed by atoms with Crippen LogP contribution in [-0.4, -0.2) is 16.6 Å². The minimum absolute atomic E-state index is 0.542. The van der Waals surface area contributed by atoms with Crippen molar-refractivity contribution in [2.45, 2.75) is 33.2 Å². The summed E-state index contributed by atoms with van der Waals surface area (Å²) in [6.07, 6.45) is 0. The predicted octanol–water partition coefficient (Wildman–Crippen LogP) is 3.62. The molecule has 0 amide bonds. The Kier molecular flexibility index (Phi) is 4.26. The smallest absolute Gasteiger partial charge is 0.311 e. The van der Waals surface area contributed by atoms with Crippen molar-refractivity contribution in [2.75, 3.05) is 5.32 Å². The molecule has 19 heavy (non-hydrogen) atoms. The van der Waals surface area contributed by atoms with Gasteiger partial charge in [-0.15, -0.1) is 0 Å². The molecule has 1 rings (SSSR count). The van der Waals surface area contributed by atoms with E-state index in [0.29, 0.717) is 10.0 Å². The van der Waals surface area contributed by atoms with Crippen LogP contribution in [0.25, 0.3) is 0 Å². The van der Waals surface area contributed by atoms with Crippen molar-refractivity contribution in [3.8, 4) is 6.07 Å². The quantitative estimate of drug-likeness (QED) is 0.887. The van der Waals surface area contributed by atoms with Crippen LogP contribution in [0.15, 0.2) is 22.7 Å². The Morgan fingerprint density at radius 2 is 1.95 bits per heavy atom. The Morgan fingerprint density at radius 3 is 2.37 bits per heavy atom. The molecular weight excluding hydrogens is 308 g/mol. The lowest BCUT2D eigenvalue weighted by Gasteiger charge is -2.39. The second-order valence-electron chi connectivity index (χ2n) is 5.49. The van der Waals surface area contributed by atoms with Gasteiger partial charge in [-0.05, 0) is 61.8 Å². The van der Waals surface area contributed by atoms with Gasteiger partial charge in [0.25, 0.3) is 0 Å². The van der Waals surface area contributed by atoms with Crippen LogP contribution < -0.4 is 5.32 Å². The summed E-state index contributed by atoms with van der Waals surface area (Å²) < 4.78 is 0.684. The van der Waals surface area contributed by atoms with Crippen molar-refractivity contribution in [3.63, 3.8) is 0 Å². The van der Waals surface area contributed by atoms with Gasteiger partial charge in [0.1, 0.15) is 6.07 Å². The van der Waals surface area contributed by atoms with Gasteiger partial charge in [-0.25, -0.2) is 0 Å². The number of nitrogens with zero attached hydrogens (tertiary/aromatic N) is 1. The van der Waals surface area contributed by atoms with Crippen LogP contribution in [0.2, 0.25) is 0 Å². The Labute approximate surface area is 121 Å². The van der Waals surface area contributed by atoms with Crippen molar-refractivity contribution in [1.29, 1.82) is 5.26 Å². The van der Waals surface area contributed by atoms with Gasteiger partial charge in [0, 0.05) is 15.7 Å². The monoisotopic (exact) mass is 324 g/mol. The highest BCUT2D eigenvalue weighted by atomic mass is 79.9. The second kappa shape index (κ2) is 5.22. The second-order valence-corrected chi connectivity index (χ2v) is 6.34. The number of carboxylic acids is 1. The lowest BCUT2D eigenvalue weighted by Crippen LogP contribution is -2.50. The van der Waals surface area contributed by atoms with Crippen molar-refractivity contribution in [1.82, 2.24) is 0 Å². The van der Waals surface area contributed by atoms with Gasteiger partial charge in [0.15, 0.2) is 0 Å². The summed E-state index contributed by atoms with van der Waals surface area (Å²) in [5.41, 5.74) is -0.272. The molecule has 5 heteroatoms. The van der Waals surface area contributed by atoms with Gasteiger partial charge in [-0.1, -0.05) is 0 Å². The molecule has 0 aromatic heterocycles. The van der Waals surface area contributed by atoms with Crippen LogP contribution in [0.5, 0.6) is 0 Å². The van der Waals surface area contributed by atoms with Gasteiger partial charge in [-0.3, -0.25) is 4.79 Å². The van der Waals surface area contributed by atoms with Crippen LogP contribution in [0.4, 0.5) is 5.69 Å². The molecule has 102 valence electrons. The minimum atomic E-state index is -0.937. The fourth-order valence-electron chi connectivity index (χ4n) is 1.47. The van der Waals surface area contributed by atoms with E-state index in [0.717, 1.165) is 5.69 Å². The van der Waals surface area contributed by atoms with Gasteiger partial charge in [0.2, 0.25) is 0 Å². The normalized spacial score (nSPS) is 11.8. The van der Waals surface area contributed by atoms with E-state index in [1.165, 1.54) is 0 Å². The summed E-state index contributed by atoms with van der Waals surface area (Å²) >= 11 is 3.32. The highest BCUT2D eigenvalue weighted by Crippen LogP contribution is 2.34. The van der Waals surface area contributed by atoms with Crippen LogP contribution in [0.1, 0.15) is 33.3 Å². The highest BCUT2D eigenvalue weighted by Gasteiger charge is 2.43. The Balaban J connectivity index is 3.06. The lowest BCUT2D eigenvalue weighted by atomic mass is 9.74. The minimum Gasteiger partial charge on any atom is -0.481 e. The largest absolute Gasteiger partial charge is 0.481 e. The van der Waals surface area contributed by atoms with E-state index in [1.807, 2.05) is 13.8 Å². The number of hydrogen-bond donors (Lipinski definition) is 2. The number of anilines is 1. The average molecular weight is 325 g/mol. The predicted molar refractivity (Wildman–Crippen MR) is 78.0 cm³/mol. The third-order valence-corrected chi connectivity index (χ3v) is 4.30. The van der Waals surface area contributed by atoms with E-state index in [4.69, 9.17) is 5.26 Å². The van der Waals surface area contributed by atoms with E-state index in [1.54, 1.807) is 32.0 Å². The van der Waals surface area contributed by atoms with E-state index in [9.17, 15) is 9.90 Å². The summed E-state index contributed by atoms with van der Waals surface area (Å²) in [5.74, 6) is -0.863. The fourth-order valence-corrected chi connectivity index (χ4v) is 1.94. The molecule has 0 bridgehead atoms. The van der Waals surface area contributed by atoms with Crippen molar-refractivity contribution < 1.29 is 9.90 Å². The first-order valence-corrected chi connectivity index (χ1v) is 6.62. The number of hydrogen-bond acceptors (Lipinski definition) is 3. The summed E-state index contributed by atoms with van der Waals surface area (Å²) in [7, 11) is 0. The number of rotatable bonds is 4. The van der Waals surface area contributed by atoms with Gasteiger partial charge >= 0.3 is 5.97 Å². The van der Waals surface area contributed by atoms with Gasteiger partial charge in [-0.2, -0.15) is 5.26 Å². The first-order chi connectivity index (χ1) is 8.61. The zero-order valence-electron chi connectivity index (χ0n) is 11.4. The Bertz CT molecular complexity index is 545. The number of benzene rings is 1. The van der Waals surface area contributed by atoms with Gasteiger partial charge < -0.3 is 10.4 Å². The number of nitrogens with one attached hydrogen (secondary N) is 1. The molecule has 0 aliphatic heterocycles. The van der Waals surface area contributed by atoms with E-state index in [2.05, 4.69) is 27.3 Å².